The first-order chi connectivity index (χ1) is 8.38. The predicted octanol–water partition coefficient (Wildman–Crippen LogP) is 1.97. The highest BCUT2D eigenvalue weighted by Gasteiger charge is 2.36. The molecule has 17 heavy (non-hydrogen) atoms. The van der Waals surface area contributed by atoms with Crippen LogP contribution in [0, 0.1) is 0 Å². The van der Waals surface area contributed by atoms with Crippen LogP contribution in [0.2, 0.25) is 0 Å². The minimum Gasteiger partial charge on any atom is -0.374 e. The summed E-state index contributed by atoms with van der Waals surface area (Å²) >= 11 is 5.72. The van der Waals surface area contributed by atoms with Gasteiger partial charge in [-0.2, -0.15) is 0 Å². The Morgan fingerprint density at radius 3 is 3.06 bits per heavy atom. The summed E-state index contributed by atoms with van der Waals surface area (Å²) in [5.74, 6) is 1.38. The monoisotopic (exact) mass is 253 g/mol. The molecule has 2 unspecified atom stereocenters. The third kappa shape index (κ3) is 2.11. The lowest BCUT2D eigenvalue weighted by Crippen LogP contribution is -2.49. The van der Waals surface area contributed by atoms with E-state index < -0.39 is 0 Å². The van der Waals surface area contributed by atoms with Gasteiger partial charge in [0.05, 0.1) is 42.7 Å². The van der Waals surface area contributed by atoms with Gasteiger partial charge in [-0.15, -0.1) is 11.6 Å². The molecule has 1 saturated carbocycles. The third-order valence-corrected chi connectivity index (χ3v) is 3.88. The predicted molar refractivity (Wildman–Crippen MR) is 66.3 cm³/mol. The molecule has 0 radical (unpaired) electrons. The largest absolute Gasteiger partial charge is 0.374 e. The molecule has 1 aromatic rings. The lowest BCUT2D eigenvalue weighted by atomic mass is 10.1. The summed E-state index contributed by atoms with van der Waals surface area (Å²) in [5.41, 5.74) is 0.826. The SMILES string of the molecule is ClCc1cnc(N2CCOC3CCCC32)cn1. The van der Waals surface area contributed by atoms with Crippen molar-refractivity contribution in [1.82, 2.24) is 9.97 Å². The number of alkyl halides is 1. The van der Waals surface area contributed by atoms with E-state index in [4.69, 9.17) is 16.3 Å². The molecule has 5 heteroatoms. The average Bonchev–Trinajstić information content (AvgIpc) is 2.87. The quantitative estimate of drug-likeness (QED) is 0.756. The van der Waals surface area contributed by atoms with Gasteiger partial charge in [-0.1, -0.05) is 0 Å². The van der Waals surface area contributed by atoms with Crippen LogP contribution >= 0.6 is 11.6 Å². The lowest BCUT2D eigenvalue weighted by molar-refractivity contribution is 0.0253. The van der Waals surface area contributed by atoms with Crippen LogP contribution in [0.4, 0.5) is 5.82 Å². The molecule has 92 valence electrons. The number of ether oxygens (including phenoxy) is 1. The van der Waals surface area contributed by atoms with Crippen LogP contribution < -0.4 is 4.90 Å². The minimum absolute atomic E-state index is 0.387. The van der Waals surface area contributed by atoms with E-state index in [9.17, 15) is 0 Å². The molecule has 2 heterocycles. The molecule has 2 aliphatic rings. The first-order valence-electron chi connectivity index (χ1n) is 6.13. The van der Waals surface area contributed by atoms with Gasteiger partial charge in [0.1, 0.15) is 5.82 Å². The van der Waals surface area contributed by atoms with Crippen LogP contribution in [0.5, 0.6) is 0 Å². The topological polar surface area (TPSA) is 38.2 Å². The Labute approximate surface area is 106 Å². The van der Waals surface area contributed by atoms with Gasteiger partial charge in [0.2, 0.25) is 0 Å². The molecular weight excluding hydrogens is 238 g/mol. The maximum atomic E-state index is 5.79. The number of fused-ring (bicyclic) bond motifs is 1. The standard InChI is InChI=1S/C12H16ClN3O/c13-6-9-7-15-12(8-14-9)16-4-5-17-11-3-1-2-10(11)16/h7-8,10-11H,1-6H2. The Morgan fingerprint density at radius 1 is 1.35 bits per heavy atom. The van der Waals surface area contributed by atoms with Gasteiger partial charge < -0.3 is 9.64 Å². The fourth-order valence-electron chi connectivity index (χ4n) is 2.78. The number of anilines is 1. The van der Waals surface area contributed by atoms with Crippen LogP contribution in [-0.2, 0) is 10.6 Å². The molecule has 0 bridgehead atoms. The van der Waals surface area contributed by atoms with E-state index in [2.05, 4.69) is 14.9 Å². The Balaban J connectivity index is 1.81. The van der Waals surface area contributed by atoms with E-state index in [-0.39, 0.29) is 0 Å². The summed E-state index contributed by atoms with van der Waals surface area (Å²) in [7, 11) is 0. The second-order valence-electron chi connectivity index (χ2n) is 4.60. The van der Waals surface area contributed by atoms with Crippen LogP contribution in [-0.4, -0.2) is 35.3 Å². The summed E-state index contributed by atoms with van der Waals surface area (Å²) in [4.78, 5) is 11.1. The Bertz CT molecular complexity index is 384. The maximum Gasteiger partial charge on any atom is 0.147 e. The van der Waals surface area contributed by atoms with Crippen molar-refractivity contribution < 1.29 is 4.74 Å². The molecule has 1 aliphatic carbocycles. The zero-order valence-corrected chi connectivity index (χ0v) is 10.4. The zero-order valence-electron chi connectivity index (χ0n) is 9.68. The van der Waals surface area contributed by atoms with E-state index >= 15 is 0 Å². The van der Waals surface area contributed by atoms with E-state index in [1.54, 1.807) is 6.20 Å². The molecule has 2 atom stereocenters. The maximum absolute atomic E-state index is 5.79. The van der Waals surface area contributed by atoms with E-state index in [0.717, 1.165) is 24.7 Å². The molecule has 1 saturated heterocycles. The Hall–Kier alpha value is -0.870. The van der Waals surface area contributed by atoms with Crippen molar-refractivity contribution in [2.75, 3.05) is 18.1 Å². The molecule has 0 aromatic carbocycles. The number of hydrogen-bond donors (Lipinski definition) is 0. The smallest absolute Gasteiger partial charge is 0.147 e. The third-order valence-electron chi connectivity index (χ3n) is 3.61. The molecule has 0 N–H and O–H groups in total. The molecular formula is C12H16ClN3O. The normalized spacial score (nSPS) is 28.2. The second-order valence-corrected chi connectivity index (χ2v) is 4.87. The second kappa shape index (κ2) is 4.78. The molecule has 0 amide bonds. The van der Waals surface area contributed by atoms with Crippen LogP contribution in [0.25, 0.3) is 0 Å². The van der Waals surface area contributed by atoms with Crippen LogP contribution in [0.15, 0.2) is 12.4 Å². The highest BCUT2D eigenvalue weighted by Crippen LogP contribution is 2.31. The number of morpholine rings is 1. The molecule has 3 rings (SSSR count). The molecule has 4 nitrogen and oxygen atoms in total. The molecule has 2 fully saturated rings. The van der Waals surface area contributed by atoms with Gasteiger partial charge in [0.15, 0.2) is 0 Å². The van der Waals surface area contributed by atoms with Crippen LogP contribution in [0.1, 0.15) is 25.0 Å². The van der Waals surface area contributed by atoms with Gasteiger partial charge in [-0.05, 0) is 19.3 Å². The highest BCUT2D eigenvalue weighted by atomic mass is 35.5. The summed E-state index contributed by atoms with van der Waals surface area (Å²) in [5, 5.41) is 0. The number of nitrogens with zero attached hydrogens (tertiary/aromatic N) is 3. The molecule has 1 aliphatic heterocycles. The first-order valence-corrected chi connectivity index (χ1v) is 6.67. The molecule has 1 aromatic heterocycles. The van der Waals surface area contributed by atoms with E-state index in [1.165, 1.54) is 19.3 Å². The summed E-state index contributed by atoms with van der Waals surface area (Å²) in [6, 6.07) is 0.486. The minimum atomic E-state index is 0.387. The fourth-order valence-corrected chi connectivity index (χ4v) is 2.91. The number of halogens is 1. The van der Waals surface area contributed by atoms with Gasteiger partial charge in [0.25, 0.3) is 0 Å². The number of hydrogen-bond acceptors (Lipinski definition) is 4. The Kier molecular flexibility index (Phi) is 3.16. The van der Waals surface area contributed by atoms with Gasteiger partial charge >= 0.3 is 0 Å². The first kappa shape index (κ1) is 11.2. The van der Waals surface area contributed by atoms with Gasteiger partial charge in [0, 0.05) is 6.54 Å². The van der Waals surface area contributed by atoms with Crippen molar-refractivity contribution in [2.24, 2.45) is 0 Å². The summed E-state index contributed by atoms with van der Waals surface area (Å²) in [6.45, 7) is 1.70. The van der Waals surface area contributed by atoms with Crippen LogP contribution in [0.3, 0.4) is 0 Å². The number of aromatic nitrogens is 2. The van der Waals surface area contributed by atoms with Crippen molar-refractivity contribution in [3.05, 3.63) is 18.1 Å². The van der Waals surface area contributed by atoms with Crippen molar-refractivity contribution in [3.63, 3.8) is 0 Å². The van der Waals surface area contributed by atoms with Gasteiger partial charge in [-0.3, -0.25) is 4.98 Å². The van der Waals surface area contributed by atoms with Crippen molar-refractivity contribution in [2.45, 2.75) is 37.3 Å². The number of rotatable bonds is 2. The van der Waals surface area contributed by atoms with E-state index in [0.29, 0.717) is 18.0 Å². The van der Waals surface area contributed by atoms with Crippen molar-refractivity contribution in [3.8, 4) is 0 Å². The fraction of sp³-hybridized carbons (Fsp3) is 0.667. The van der Waals surface area contributed by atoms with Crippen molar-refractivity contribution >= 4 is 17.4 Å². The summed E-state index contributed by atoms with van der Waals surface area (Å²) < 4.78 is 5.79. The Morgan fingerprint density at radius 2 is 2.29 bits per heavy atom. The van der Waals surface area contributed by atoms with Gasteiger partial charge in [-0.25, -0.2) is 4.98 Å². The lowest BCUT2D eigenvalue weighted by Gasteiger charge is -2.38. The zero-order chi connectivity index (χ0) is 11.7. The average molecular weight is 254 g/mol. The van der Waals surface area contributed by atoms with E-state index in [1.807, 2.05) is 6.20 Å². The summed E-state index contributed by atoms with van der Waals surface area (Å²) in [6.07, 6.45) is 7.61. The highest BCUT2D eigenvalue weighted by molar-refractivity contribution is 6.16. The van der Waals surface area contributed by atoms with Crippen molar-refractivity contribution in [1.29, 1.82) is 0 Å². The molecule has 0 spiro atoms.